The standard InChI is InChI=1S/C11H10ClF3N2/c12-7-3-4-9(8(6-7)11(13,14)15)17-10-2-1-5-16-10/h3-4,6H,1-2,5H2,(H,16,17). The average Bonchev–Trinajstić information content (AvgIpc) is 2.72. The predicted octanol–water partition coefficient (Wildman–Crippen LogP) is 3.96. The van der Waals surface area contributed by atoms with Gasteiger partial charge in [0.25, 0.3) is 0 Å². The van der Waals surface area contributed by atoms with Gasteiger partial charge in [-0.1, -0.05) is 11.6 Å². The van der Waals surface area contributed by atoms with E-state index in [0.717, 1.165) is 12.5 Å². The summed E-state index contributed by atoms with van der Waals surface area (Å²) in [4.78, 5) is 4.08. The summed E-state index contributed by atoms with van der Waals surface area (Å²) in [5.41, 5.74) is -0.762. The number of alkyl halides is 3. The normalized spacial score (nSPS) is 15.9. The molecule has 0 fully saturated rings. The summed E-state index contributed by atoms with van der Waals surface area (Å²) in [6.45, 7) is 0.664. The Kier molecular flexibility index (Phi) is 3.28. The van der Waals surface area contributed by atoms with E-state index in [1.807, 2.05) is 0 Å². The smallest absolute Gasteiger partial charge is 0.344 e. The van der Waals surface area contributed by atoms with Crippen molar-refractivity contribution < 1.29 is 13.2 Å². The Morgan fingerprint density at radius 2 is 2.06 bits per heavy atom. The van der Waals surface area contributed by atoms with Gasteiger partial charge >= 0.3 is 6.18 Å². The van der Waals surface area contributed by atoms with Gasteiger partial charge in [-0.15, -0.1) is 0 Å². The van der Waals surface area contributed by atoms with Crippen LogP contribution in [0.4, 0.5) is 18.9 Å². The first-order valence-corrected chi connectivity index (χ1v) is 5.52. The summed E-state index contributed by atoms with van der Waals surface area (Å²) in [5.74, 6) is 0.595. The van der Waals surface area contributed by atoms with Crippen LogP contribution in [0, 0.1) is 0 Å². The number of anilines is 1. The molecule has 1 aromatic carbocycles. The van der Waals surface area contributed by atoms with Crippen molar-refractivity contribution in [2.45, 2.75) is 19.0 Å². The van der Waals surface area contributed by atoms with Gasteiger partial charge in [0.2, 0.25) is 0 Å². The molecule has 0 saturated carbocycles. The summed E-state index contributed by atoms with van der Waals surface area (Å²) in [6, 6.07) is 3.67. The minimum absolute atomic E-state index is 0.00236. The Hall–Kier alpha value is -1.23. The van der Waals surface area contributed by atoms with Gasteiger partial charge in [0.15, 0.2) is 0 Å². The van der Waals surface area contributed by atoms with Crippen LogP contribution in [0.3, 0.4) is 0 Å². The molecule has 0 amide bonds. The van der Waals surface area contributed by atoms with E-state index < -0.39 is 11.7 Å². The Morgan fingerprint density at radius 3 is 2.65 bits per heavy atom. The molecule has 6 heteroatoms. The summed E-state index contributed by atoms with van der Waals surface area (Å²) in [6.07, 6.45) is -2.87. The number of benzene rings is 1. The molecule has 1 N–H and O–H groups in total. The maximum atomic E-state index is 12.8. The van der Waals surface area contributed by atoms with E-state index in [9.17, 15) is 13.2 Å². The van der Waals surface area contributed by atoms with Crippen molar-refractivity contribution in [3.05, 3.63) is 28.8 Å². The highest BCUT2D eigenvalue weighted by atomic mass is 35.5. The first-order valence-electron chi connectivity index (χ1n) is 5.14. The fourth-order valence-corrected chi connectivity index (χ4v) is 1.83. The number of hydrogen-bond acceptors (Lipinski definition) is 2. The molecule has 0 aliphatic carbocycles. The highest BCUT2D eigenvalue weighted by Gasteiger charge is 2.34. The van der Waals surface area contributed by atoms with Gasteiger partial charge in [-0.05, 0) is 24.6 Å². The molecule has 1 aliphatic rings. The Bertz CT molecular complexity index is 455. The van der Waals surface area contributed by atoms with E-state index in [0.29, 0.717) is 18.8 Å². The number of nitrogens with zero attached hydrogens (tertiary/aromatic N) is 1. The molecule has 2 rings (SSSR count). The van der Waals surface area contributed by atoms with Crippen molar-refractivity contribution in [2.75, 3.05) is 11.9 Å². The van der Waals surface area contributed by atoms with E-state index >= 15 is 0 Å². The molecule has 17 heavy (non-hydrogen) atoms. The lowest BCUT2D eigenvalue weighted by Crippen LogP contribution is -2.14. The number of halogens is 4. The van der Waals surface area contributed by atoms with E-state index in [1.54, 1.807) is 0 Å². The zero-order chi connectivity index (χ0) is 12.5. The van der Waals surface area contributed by atoms with E-state index in [4.69, 9.17) is 11.6 Å². The zero-order valence-corrected chi connectivity index (χ0v) is 9.57. The second kappa shape index (κ2) is 4.56. The first-order chi connectivity index (χ1) is 7.97. The van der Waals surface area contributed by atoms with Crippen molar-refractivity contribution in [1.82, 2.24) is 0 Å². The van der Waals surface area contributed by atoms with E-state index in [1.165, 1.54) is 12.1 Å². The molecular weight excluding hydrogens is 253 g/mol. The second-order valence-electron chi connectivity index (χ2n) is 3.74. The lowest BCUT2D eigenvalue weighted by molar-refractivity contribution is -0.136. The second-order valence-corrected chi connectivity index (χ2v) is 4.18. The third kappa shape index (κ3) is 2.91. The van der Waals surface area contributed by atoms with Crippen molar-refractivity contribution >= 4 is 23.1 Å². The first kappa shape index (κ1) is 12.2. The number of amidine groups is 1. The maximum absolute atomic E-state index is 12.8. The molecule has 0 unspecified atom stereocenters. The fourth-order valence-electron chi connectivity index (χ4n) is 1.66. The lowest BCUT2D eigenvalue weighted by Gasteiger charge is -2.14. The molecule has 0 radical (unpaired) electrons. The van der Waals surface area contributed by atoms with E-state index in [-0.39, 0.29) is 10.7 Å². The topological polar surface area (TPSA) is 24.4 Å². The number of hydrogen-bond donors (Lipinski definition) is 1. The van der Waals surface area contributed by atoms with Crippen LogP contribution in [0.25, 0.3) is 0 Å². The largest absolute Gasteiger partial charge is 0.418 e. The molecule has 1 aromatic rings. The molecule has 0 bridgehead atoms. The lowest BCUT2D eigenvalue weighted by atomic mass is 10.1. The molecule has 0 saturated heterocycles. The SMILES string of the molecule is FC(F)(F)c1cc(Cl)ccc1NC1=NCCC1. The number of aliphatic imine (C=N–C) groups is 1. The predicted molar refractivity (Wildman–Crippen MR) is 61.6 cm³/mol. The quantitative estimate of drug-likeness (QED) is 0.814. The number of rotatable bonds is 1. The number of nitrogens with one attached hydrogen (secondary N) is 1. The van der Waals surface area contributed by atoms with Crippen LogP contribution >= 0.6 is 11.6 Å². The van der Waals surface area contributed by atoms with Gasteiger partial charge < -0.3 is 5.32 Å². The highest BCUT2D eigenvalue weighted by Crippen LogP contribution is 2.36. The molecule has 1 aliphatic heterocycles. The van der Waals surface area contributed by atoms with Gasteiger partial charge in [-0.2, -0.15) is 13.2 Å². The molecule has 0 spiro atoms. The van der Waals surface area contributed by atoms with Gasteiger partial charge in [-0.25, -0.2) is 0 Å². The van der Waals surface area contributed by atoms with Crippen molar-refractivity contribution in [3.8, 4) is 0 Å². The fraction of sp³-hybridized carbons (Fsp3) is 0.364. The Balaban J connectivity index is 2.32. The van der Waals surface area contributed by atoms with Gasteiger partial charge in [-0.3, -0.25) is 4.99 Å². The van der Waals surface area contributed by atoms with Crippen LogP contribution in [-0.2, 0) is 6.18 Å². The van der Waals surface area contributed by atoms with Crippen LogP contribution in [0.5, 0.6) is 0 Å². The third-order valence-electron chi connectivity index (χ3n) is 2.44. The third-order valence-corrected chi connectivity index (χ3v) is 2.68. The van der Waals surface area contributed by atoms with Crippen molar-refractivity contribution in [3.63, 3.8) is 0 Å². The molecule has 1 heterocycles. The molecular formula is C11H10ClF3N2. The van der Waals surface area contributed by atoms with Gasteiger partial charge in [0, 0.05) is 18.0 Å². The van der Waals surface area contributed by atoms with Crippen molar-refractivity contribution in [1.29, 1.82) is 0 Å². The minimum atomic E-state index is -4.42. The molecule has 0 aromatic heterocycles. The average molecular weight is 263 g/mol. The van der Waals surface area contributed by atoms with Crippen LogP contribution < -0.4 is 5.32 Å². The van der Waals surface area contributed by atoms with E-state index in [2.05, 4.69) is 10.3 Å². The summed E-state index contributed by atoms with van der Waals surface area (Å²) in [7, 11) is 0. The van der Waals surface area contributed by atoms with Crippen LogP contribution in [-0.4, -0.2) is 12.4 Å². The Labute approximate surface area is 101 Å². The summed E-state index contributed by atoms with van der Waals surface area (Å²) >= 11 is 5.58. The highest BCUT2D eigenvalue weighted by molar-refractivity contribution is 6.30. The monoisotopic (exact) mass is 262 g/mol. The zero-order valence-electron chi connectivity index (χ0n) is 8.81. The molecule has 92 valence electrons. The minimum Gasteiger partial charge on any atom is -0.344 e. The van der Waals surface area contributed by atoms with Crippen LogP contribution in [0.1, 0.15) is 18.4 Å². The summed E-state index contributed by atoms with van der Waals surface area (Å²) < 4.78 is 38.3. The molecule has 2 nitrogen and oxygen atoms in total. The van der Waals surface area contributed by atoms with Gasteiger partial charge in [0.1, 0.15) is 5.84 Å². The molecule has 0 atom stereocenters. The maximum Gasteiger partial charge on any atom is 0.418 e. The van der Waals surface area contributed by atoms with Gasteiger partial charge in [0.05, 0.1) is 11.3 Å². The van der Waals surface area contributed by atoms with Crippen molar-refractivity contribution in [2.24, 2.45) is 4.99 Å². The van der Waals surface area contributed by atoms with Crippen LogP contribution in [0.15, 0.2) is 23.2 Å². The van der Waals surface area contributed by atoms with Crippen LogP contribution in [0.2, 0.25) is 5.02 Å². The Morgan fingerprint density at radius 1 is 1.29 bits per heavy atom. The summed E-state index contributed by atoms with van der Waals surface area (Å²) in [5, 5.41) is 2.78.